The minimum absolute atomic E-state index is 0.0347. The summed E-state index contributed by atoms with van der Waals surface area (Å²) in [5, 5.41) is 2.40. The summed E-state index contributed by atoms with van der Waals surface area (Å²) in [5.41, 5.74) is 1.15. The number of thiazole rings is 1. The van der Waals surface area contributed by atoms with Gasteiger partial charge in [-0.25, -0.2) is 4.98 Å². The molecule has 3 rings (SSSR count). The summed E-state index contributed by atoms with van der Waals surface area (Å²) >= 11 is 1.35. The lowest BCUT2D eigenvalue weighted by atomic mass is 10.1. The third-order valence-corrected chi connectivity index (χ3v) is 4.57. The minimum Gasteiger partial charge on any atom is -0.426 e. The standard InChI is InChI=1S/C17H16N2O4S/c1-11(20)12-4-6-14(7-5-12)23-16(22)9-13-10-24-17(18-13)19-8-2-3-15(19)21/h4-7,10H,2-3,8-9H2,1H3. The van der Waals surface area contributed by atoms with E-state index in [0.29, 0.717) is 35.1 Å². The molecule has 0 N–H and O–H groups in total. The van der Waals surface area contributed by atoms with E-state index < -0.39 is 5.97 Å². The molecular weight excluding hydrogens is 328 g/mol. The van der Waals surface area contributed by atoms with E-state index in [9.17, 15) is 14.4 Å². The highest BCUT2D eigenvalue weighted by atomic mass is 32.1. The lowest BCUT2D eigenvalue weighted by Gasteiger charge is -2.10. The van der Waals surface area contributed by atoms with E-state index in [0.717, 1.165) is 6.42 Å². The maximum absolute atomic E-state index is 12.0. The van der Waals surface area contributed by atoms with Crippen molar-refractivity contribution < 1.29 is 19.1 Å². The zero-order valence-electron chi connectivity index (χ0n) is 13.2. The van der Waals surface area contributed by atoms with Crippen LogP contribution >= 0.6 is 11.3 Å². The maximum atomic E-state index is 12.0. The van der Waals surface area contributed by atoms with Gasteiger partial charge in [-0.3, -0.25) is 19.3 Å². The van der Waals surface area contributed by atoms with Crippen molar-refractivity contribution >= 4 is 34.1 Å². The number of ketones is 1. The monoisotopic (exact) mass is 344 g/mol. The number of esters is 1. The van der Waals surface area contributed by atoms with E-state index in [4.69, 9.17) is 4.74 Å². The first-order valence-electron chi connectivity index (χ1n) is 7.59. The third kappa shape index (κ3) is 3.68. The Morgan fingerprint density at radius 2 is 2.04 bits per heavy atom. The topological polar surface area (TPSA) is 76.6 Å². The average molecular weight is 344 g/mol. The minimum atomic E-state index is -0.435. The molecular formula is C17H16N2O4S. The fraction of sp³-hybridized carbons (Fsp3) is 0.294. The van der Waals surface area contributed by atoms with Crippen molar-refractivity contribution in [2.75, 3.05) is 11.4 Å². The van der Waals surface area contributed by atoms with Crippen molar-refractivity contribution in [3.05, 3.63) is 40.9 Å². The van der Waals surface area contributed by atoms with Crippen LogP contribution < -0.4 is 9.64 Å². The normalized spacial score (nSPS) is 14.0. The predicted molar refractivity (Wildman–Crippen MR) is 89.5 cm³/mol. The van der Waals surface area contributed by atoms with Crippen molar-refractivity contribution in [2.24, 2.45) is 0 Å². The van der Waals surface area contributed by atoms with E-state index in [-0.39, 0.29) is 18.1 Å². The summed E-state index contributed by atoms with van der Waals surface area (Å²) in [6, 6.07) is 6.41. The molecule has 0 unspecified atom stereocenters. The molecule has 2 heterocycles. The van der Waals surface area contributed by atoms with Gasteiger partial charge in [-0.05, 0) is 37.6 Å². The third-order valence-electron chi connectivity index (χ3n) is 3.66. The second kappa shape index (κ2) is 6.92. The molecule has 0 atom stereocenters. The molecule has 0 radical (unpaired) electrons. The molecule has 2 aromatic rings. The van der Waals surface area contributed by atoms with Crippen molar-refractivity contribution in [1.82, 2.24) is 4.98 Å². The van der Waals surface area contributed by atoms with Gasteiger partial charge in [-0.1, -0.05) is 0 Å². The summed E-state index contributed by atoms with van der Waals surface area (Å²) in [5.74, 6) is -0.0197. The van der Waals surface area contributed by atoms with Gasteiger partial charge >= 0.3 is 5.97 Å². The SMILES string of the molecule is CC(=O)c1ccc(OC(=O)Cc2csc(N3CCCC3=O)n2)cc1. The first-order chi connectivity index (χ1) is 11.5. The molecule has 124 valence electrons. The van der Waals surface area contributed by atoms with E-state index in [1.807, 2.05) is 0 Å². The number of benzene rings is 1. The first-order valence-corrected chi connectivity index (χ1v) is 8.47. The Kier molecular flexibility index (Phi) is 4.71. The van der Waals surface area contributed by atoms with Gasteiger partial charge in [0, 0.05) is 23.9 Å². The van der Waals surface area contributed by atoms with Crippen LogP contribution in [-0.4, -0.2) is 29.2 Å². The van der Waals surface area contributed by atoms with E-state index in [1.54, 1.807) is 34.5 Å². The number of ether oxygens (including phenoxy) is 1. The van der Waals surface area contributed by atoms with Crippen LogP contribution in [0.15, 0.2) is 29.6 Å². The summed E-state index contributed by atoms with van der Waals surface area (Å²) < 4.78 is 5.24. The van der Waals surface area contributed by atoms with E-state index in [1.165, 1.54) is 18.3 Å². The molecule has 1 aromatic heterocycles. The largest absolute Gasteiger partial charge is 0.426 e. The number of hydrogen-bond acceptors (Lipinski definition) is 6. The second-order valence-corrected chi connectivity index (χ2v) is 6.34. The molecule has 1 amide bonds. The molecule has 0 saturated carbocycles. The van der Waals surface area contributed by atoms with Crippen molar-refractivity contribution in [3.8, 4) is 5.75 Å². The van der Waals surface area contributed by atoms with Gasteiger partial charge in [-0.15, -0.1) is 11.3 Å². The molecule has 0 bridgehead atoms. The highest BCUT2D eigenvalue weighted by Crippen LogP contribution is 2.25. The number of carbonyl (C=O) groups excluding carboxylic acids is 3. The molecule has 0 spiro atoms. The number of anilines is 1. The number of carbonyl (C=O) groups is 3. The van der Waals surface area contributed by atoms with Crippen molar-refractivity contribution in [3.63, 3.8) is 0 Å². The van der Waals surface area contributed by atoms with Gasteiger partial charge in [0.05, 0.1) is 12.1 Å². The lowest BCUT2D eigenvalue weighted by Crippen LogP contribution is -2.23. The van der Waals surface area contributed by atoms with Crippen LogP contribution in [0.2, 0.25) is 0 Å². The fourth-order valence-corrected chi connectivity index (χ4v) is 3.29. The number of Topliss-reactive ketones (excluding diaryl/α,β-unsaturated/α-hetero) is 1. The van der Waals surface area contributed by atoms with E-state index >= 15 is 0 Å². The van der Waals surface area contributed by atoms with Crippen LogP contribution in [0.4, 0.5) is 5.13 Å². The number of aromatic nitrogens is 1. The van der Waals surface area contributed by atoms with Gasteiger partial charge in [0.25, 0.3) is 0 Å². The number of nitrogens with zero attached hydrogens (tertiary/aromatic N) is 2. The first kappa shape index (κ1) is 16.3. The van der Waals surface area contributed by atoms with Gasteiger partial charge in [0.15, 0.2) is 10.9 Å². The summed E-state index contributed by atoms with van der Waals surface area (Å²) in [6.07, 6.45) is 1.42. The molecule has 1 saturated heterocycles. The van der Waals surface area contributed by atoms with Crippen molar-refractivity contribution in [1.29, 1.82) is 0 Å². The zero-order valence-corrected chi connectivity index (χ0v) is 14.0. The van der Waals surface area contributed by atoms with Crippen LogP contribution in [0.25, 0.3) is 0 Å². The van der Waals surface area contributed by atoms with Gasteiger partial charge in [-0.2, -0.15) is 0 Å². The zero-order chi connectivity index (χ0) is 17.1. The summed E-state index contributed by atoms with van der Waals surface area (Å²) in [7, 11) is 0. The van der Waals surface area contributed by atoms with Crippen LogP contribution in [-0.2, 0) is 16.0 Å². The fourth-order valence-electron chi connectivity index (χ4n) is 2.42. The summed E-state index contributed by atoms with van der Waals surface area (Å²) in [6.45, 7) is 2.16. The molecule has 7 heteroatoms. The Bertz CT molecular complexity index is 782. The number of hydrogen-bond donors (Lipinski definition) is 0. The van der Waals surface area contributed by atoms with Gasteiger partial charge < -0.3 is 4.74 Å². The Hall–Kier alpha value is -2.54. The summed E-state index contributed by atoms with van der Waals surface area (Å²) in [4.78, 5) is 40.9. The van der Waals surface area contributed by atoms with Crippen LogP contribution in [0.1, 0.15) is 35.8 Å². The maximum Gasteiger partial charge on any atom is 0.317 e. The Labute approximate surface area is 143 Å². The predicted octanol–water partition coefficient (Wildman–Crippen LogP) is 2.62. The highest BCUT2D eigenvalue weighted by molar-refractivity contribution is 7.14. The molecule has 0 aliphatic carbocycles. The molecule has 24 heavy (non-hydrogen) atoms. The quantitative estimate of drug-likeness (QED) is 0.473. The second-order valence-electron chi connectivity index (χ2n) is 5.50. The van der Waals surface area contributed by atoms with Crippen LogP contribution in [0, 0.1) is 0 Å². The van der Waals surface area contributed by atoms with Crippen molar-refractivity contribution in [2.45, 2.75) is 26.2 Å². The molecule has 1 aliphatic rings. The highest BCUT2D eigenvalue weighted by Gasteiger charge is 2.24. The molecule has 1 aromatic carbocycles. The molecule has 1 aliphatic heterocycles. The van der Waals surface area contributed by atoms with Gasteiger partial charge in [0.1, 0.15) is 5.75 Å². The Balaban J connectivity index is 1.59. The Morgan fingerprint density at radius 3 is 2.67 bits per heavy atom. The van der Waals surface area contributed by atoms with Gasteiger partial charge in [0.2, 0.25) is 5.91 Å². The van der Waals surface area contributed by atoms with E-state index in [2.05, 4.69) is 4.98 Å². The smallest absolute Gasteiger partial charge is 0.317 e. The van der Waals surface area contributed by atoms with Crippen LogP contribution in [0.5, 0.6) is 5.75 Å². The Morgan fingerprint density at radius 1 is 1.29 bits per heavy atom. The number of amides is 1. The number of rotatable bonds is 5. The van der Waals surface area contributed by atoms with Crippen LogP contribution in [0.3, 0.4) is 0 Å². The lowest BCUT2D eigenvalue weighted by molar-refractivity contribution is -0.133. The molecule has 6 nitrogen and oxygen atoms in total. The molecule has 1 fully saturated rings. The average Bonchev–Trinajstić information content (AvgIpc) is 3.16.